The van der Waals surface area contributed by atoms with Crippen molar-refractivity contribution in [2.24, 2.45) is 5.73 Å². The molecule has 0 unspecified atom stereocenters. The lowest BCUT2D eigenvalue weighted by Crippen LogP contribution is -2.12. The van der Waals surface area contributed by atoms with Crippen LogP contribution in [0.2, 0.25) is 0 Å². The van der Waals surface area contributed by atoms with Crippen molar-refractivity contribution in [1.29, 1.82) is 0 Å². The molecule has 2 nitrogen and oxygen atoms in total. The Kier molecular flexibility index (Phi) is 21.3. The fourth-order valence-electron chi connectivity index (χ4n) is 0.279. The minimum atomic E-state index is 0.792. The maximum absolute atomic E-state index is 5.17. The van der Waals surface area contributed by atoms with Gasteiger partial charge in [0, 0.05) is 0 Å². The molecule has 0 rings (SSSR count). The summed E-state index contributed by atoms with van der Waals surface area (Å²) in [7, 11) is 1.93. The molecule has 0 saturated heterocycles. The fraction of sp³-hybridized carbons (Fsp3) is 1.00. The molecule has 3 N–H and O–H groups in total. The van der Waals surface area contributed by atoms with Gasteiger partial charge in [0.1, 0.15) is 0 Å². The van der Waals surface area contributed by atoms with Crippen LogP contribution in [0.25, 0.3) is 0 Å². The van der Waals surface area contributed by atoms with Crippen LogP contribution >= 0.6 is 0 Å². The average molecular weight is 118 g/mol. The first kappa shape index (κ1) is 10.8. The molecule has 0 aromatic rings. The SMILES string of the molecule is CC.CNCCCN. The zero-order chi connectivity index (χ0) is 6.83. The number of hydrogen-bond acceptors (Lipinski definition) is 2. The predicted octanol–water partition coefficient (Wildman–Crippen LogP) is 0.581. The summed E-state index contributed by atoms with van der Waals surface area (Å²) in [5.74, 6) is 0. The monoisotopic (exact) mass is 118 g/mol. The van der Waals surface area contributed by atoms with Crippen LogP contribution in [0.15, 0.2) is 0 Å². The molecule has 0 aliphatic carbocycles. The third-order valence-electron chi connectivity index (χ3n) is 0.631. The van der Waals surface area contributed by atoms with E-state index in [0.29, 0.717) is 0 Å². The smallest absolute Gasteiger partial charge is 0.00399 e. The van der Waals surface area contributed by atoms with Gasteiger partial charge in [-0.3, -0.25) is 0 Å². The fourth-order valence-corrected chi connectivity index (χ4v) is 0.279. The zero-order valence-electron chi connectivity index (χ0n) is 6.20. The lowest BCUT2D eigenvalue weighted by molar-refractivity contribution is 0.733. The molecule has 0 bridgehead atoms. The molecule has 0 radical (unpaired) electrons. The highest BCUT2D eigenvalue weighted by atomic mass is 14.8. The molecule has 0 heterocycles. The van der Waals surface area contributed by atoms with E-state index in [1.54, 1.807) is 0 Å². The maximum atomic E-state index is 5.17. The van der Waals surface area contributed by atoms with Crippen LogP contribution in [-0.4, -0.2) is 20.1 Å². The van der Waals surface area contributed by atoms with Gasteiger partial charge in [0.15, 0.2) is 0 Å². The van der Waals surface area contributed by atoms with Crippen molar-refractivity contribution in [3.63, 3.8) is 0 Å². The van der Waals surface area contributed by atoms with E-state index in [0.717, 1.165) is 19.5 Å². The molecule has 0 fully saturated rings. The van der Waals surface area contributed by atoms with Crippen molar-refractivity contribution >= 4 is 0 Å². The van der Waals surface area contributed by atoms with Crippen LogP contribution in [0.5, 0.6) is 0 Å². The van der Waals surface area contributed by atoms with Crippen LogP contribution in [-0.2, 0) is 0 Å². The van der Waals surface area contributed by atoms with Gasteiger partial charge in [0.05, 0.1) is 0 Å². The Morgan fingerprint density at radius 1 is 1.38 bits per heavy atom. The largest absolute Gasteiger partial charge is 0.330 e. The van der Waals surface area contributed by atoms with Gasteiger partial charge in [-0.2, -0.15) is 0 Å². The van der Waals surface area contributed by atoms with Crippen LogP contribution in [0.1, 0.15) is 20.3 Å². The van der Waals surface area contributed by atoms with Crippen LogP contribution < -0.4 is 11.1 Å². The average Bonchev–Trinajstić information content (AvgIpc) is 1.88. The van der Waals surface area contributed by atoms with Crippen LogP contribution in [0.3, 0.4) is 0 Å². The number of nitrogens with one attached hydrogen (secondary N) is 1. The predicted molar refractivity (Wildman–Crippen MR) is 38.9 cm³/mol. The summed E-state index contributed by atoms with van der Waals surface area (Å²) in [4.78, 5) is 0. The summed E-state index contributed by atoms with van der Waals surface area (Å²) in [6.07, 6.45) is 1.08. The van der Waals surface area contributed by atoms with Gasteiger partial charge in [0.25, 0.3) is 0 Å². The standard InChI is InChI=1S/C4H12N2.C2H6/c1-6-4-2-3-5;1-2/h6H,2-5H2,1H3;1-2H3. The van der Waals surface area contributed by atoms with Gasteiger partial charge in [-0.25, -0.2) is 0 Å². The second-order valence-corrected chi connectivity index (χ2v) is 1.25. The Labute approximate surface area is 52.5 Å². The second kappa shape index (κ2) is 15.8. The molecule has 2 heteroatoms. The van der Waals surface area contributed by atoms with E-state index in [1.807, 2.05) is 20.9 Å². The summed E-state index contributed by atoms with van der Waals surface area (Å²) >= 11 is 0. The summed E-state index contributed by atoms with van der Waals surface area (Å²) in [5, 5.41) is 2.99. The number of nitrogens with two attached hydrogens (primary N) is 1. The highest BCUT2D eigenvalue weighted by molar-refractivity contribution is 4.38. The third-order valence-corrected chi connectivity index (χ3v) is 0.631. The van der Waals surface area contributed by atoms with Crippen molar-refractivity contribution in [2.75, 3.05) is 20.1 Å². The molecule has 0 amide bonds. The van der Waals surface area contributed by atoms with E-state index in [-0.39, 0.29) is 0 Å². The minimum Gasteiger partial charge on any atom is -0.330 e. The summed E-state index contributed by atoms with van der Waals surface area (Å²) in [6.45, 7) is 5.83. The molecule has 0 atom stereocenters. The molecule has 0 aliphatic heterocycles. The number of rotatable bonds is 3. The van der Waals surface area contributed by atoms with E-state index < -0.39 is 0 Å². The molecule has 0 aromatic carbocycles. The van der Waals surface area contributed by atoms with E-state index in [1.165, 1.54) is 0 Å². The molecule has 0 saturated carbocycles. The van der Waals surface area contributed by atoms with Crippen molar-refractivity contribution < 1.29 is 0 Å². The van der Waals surface area contributed by atoms with E-state index in [9.17, 15) is 0 Å². The van der Waals surface area contributed by atoms with E-state index in [2.05, 4.69) is 5.32 Å². The van der Waals surface area contributed by atoms with Crippen molar-refractivity contribution in [2.45, 2.75) is 20.3 Å². The Balaban J connectivity index is 0. The summed E-state index contributed by atoms with van der Waals surface area (Å²) in [6, 6.07) is 0. The molecule has 0 aromatic heterocycles. The lowest BCUT2D eigenvalue weighted by atomic mass is 10.4. The van der Waals surface area contributed by atoms with E-state index >= 15 is 0 Å². The highest BCUT2D eigenvalue weighted by Crippen LogP contribution is 1.63. The van der Waals surface area contributed by atoms with Gasteiger partial charge < -0.3 is 11.1 Å². The first-order valence-electron chi connectivity index (χ1n) is 3.26. The van der Waals surface area contributed by atoms with Gasteiger partial charge in [-0.1, -0.05) is 13.8 Å². The Morgan fingerprint density at radius 3 is 2.00 bits per heavy atom. The third kappa shape index (κ3) is 16.8. The topological polar surface area (TPSA) is 38.0 Å². The lowest BCUT2D eigenvalue weighted by Gasteiger charge is -1.90. The molecule has 0 aliphatic rings. The molecular formula is C6H18N2. The Bertz CT molecular complexity index is 18.5. The van der Waals surface area contributed by atoms with E-state index in [4.69, 9.17) is 5.73 Å². The van der Waals surface area contributed by atoms with Gasteiger partial charge in [-0.15, -0.1) is 0 Å². The Morgan fingerprint density at radius 2 is 1.88 bits per heavy atom. The summed E-state index contributed by atoms with van der Waals surface area (Å²) < 4.78 is 0. The Hall–Kier alpha value is -0.0800. The van der Waals surface area contributed by atoms with Crippen LogP contribution in [0.4, 0.5) is 0 Å². The second-order valence-electron chi connectivity index (χ2n) is 1.25. The van der Waals surface area contributed by atoms with Crippen molar-refractivity contribution in [1.82, 2.24) is 5.32 Å². The molecule has 52 valence electrons. The van der Waals surface area contributed by atoms with Crippen molar-refractivity contribution in [3.8, 4) is 0 Å². The minimum absolute atomic E-state index is 0.792. The first-order valence-corrected chi connectivity index (χ1v) is 3.26. The molecular weight excluding hydrogens is 100 g/mol. The normalized spacial score (nSPS) is 7.50. The summed E-state index contributed by atoms with van der Waals surface area (Å²) in [5.41, 5.74) is 5.17. The number of hydrogen-bond donors (Lipinski definition) is 2. The van der Waals surface area contributed by atoms with Gasteiger partial charge in [-0.05, 0) is 26.6 Å². The van der Waals surface area contributed by atoms with Crippen molar-refractivity contribution in [3.05, 3.63) is 0 Å². The first-order chi connectivity index (χ1) is 3.91. The highest BCUT2D eigenvalue weighted by Gasteiger charge is 1.73. The zero-order valence-corrected chi connectivity index (χ0v) is 6.20. The quantitative estimate of drug-likeness (QED) is 0.532. The molecule has 8 heavy (non-hydrogen) atoms. The van der Waals surface area contributed by atoms with Gasteiger partial charge >= 0.3 is 0 Å². The van der Waals surface area contributed by atoms with Crippen LogP contribution in [0, 0.1) is 0 Å². The van der Waals surface area contributed by atoms with Gasteiger partial charge in [0.2, 0.25) is 0 Å². The molecule has 0 spiro atoms. The maximum Gasteiger partial charge on any atom is -0.00399 e.